The van der Waals surface area contributed by atoms with Gasteiger partial charge >= 0.3 is 0 Å². The zero-order valence-electron chi connectivity index (χ0n) is 13.0. The average Bonchev–Trinajstić information content (AvgIpc) is 2.91. The largest absolute Gasteiger partial charge is 0.487 e. The van der Waals surface area contributed by atoms with Gasteiger partial charge in [0.1, 0.15) is 31.5 Å². The van der Waals surface area contributed by atoms with Crippen molar-refractivity contribution >= 4 is 0 Å². The Hall–Kier alpha value is -1.06. The van der Waals surface area contributed by atoms with Crippen LogP contribution in [-0.4, -0.2) is 32.4 Å². The van der Waals surface area contributed by atoms with Gasteiger partial charge in [-0.15, -0.1) is 0 Å². The Morgan fingerprint density at radius 2 is 2.25 bits per heavy atom. The highest BCUT2D eigenvalue weighted by atomic mass is 16.5. The Kier molecular flexibility index (Phi) is 5.86. The Bertz CT molecular complexity index is 411. The molecule has 3 nitrogen and oxygen atoms in total. The first-order chi connectivity index (χ1) is 9.66. The van der Waals surface area contributed by atoms with E-state index in [0.717, 1.165) is 32.1 Å². The first-order valence-electron chi connectivity index (χ1n) is 7.83. The molecule has 1 saturated heterocycles. The molecule has 1 aromatic rings. The summed E-state index contributed by atoms with van der Waals surface area (Å²) in [6.07, 6.45) is 2.89. The van der Waals surface area contributed by atoms with Gasteiger partial charge in [-0.05, 0) is 42.9 Å². The highest BCUT2D eigenvalue weighted by Crippen LogP contribution is 2.27. The summed E-state index contributed by atoms with van der Waals surface area (Å²) in [5.74, 6) is 1.55. The Labute approximate surface area is 122 Å². The molecule has 2 N–H and O–H groups in total. The molecule has 2 rings (SSSR count). The second kappa shape index (κ2) is 7.65. The number of hydrogen-bond acceptors (Lipinski definition) is 2. The van der Waals surface area contributed by atoms with Crippen molar-refractivity contribution in [2.75, 3.05) is 26.3 Å². The third-order valence-electron chi connectivity index (χ3n) is 3.82. The second-order valence-corrected chi connectivity index (χ2v) is 5.99. The quantitative estimate of drug-likeness (QED) is 0.776. The minimum absolute atomic E-state index is 0.459. The molecular weight excluding hydrogens is 250 g/mol. The molecule has 1 aliphatic rings. The molecule has 0 bridgehead atoms. The molecule has 0 aromatic heterocycles. The maximum atomic E-state index is 5.97. The number of rotatable bonds is 7. The van der Waals surface area contributed by atoms with E-state index in [1.54, 1.807) is 0 Å². The van der Waals surface area contributed by atoms with Gasteiger partial charge < -0.3 is 14.8 Å². The van der Waals surface area contributed by atoms with Crippen LogP contribution in [0.1, 0.15) is 43.7 Å². The highest BCUT2D eigenvalue weighted by Gasteiger charge is 2.16. The van der Waals surface area contributed by atoms with E-state index in [4.69, 9.17) is 9.47 Å². The van der Waals surface area contributed by atoms with Crippen LogP contribution in [0.25, 0.3) is 0 Å². The summed E-state index contributed by atoms with van der Waals surface area (Å²) in [6, 6.07) is 6.49. The van der Waals surface area contributed by atoms with E-state index < -0.39 is 0 Å². The van der Waals surface area contributed by atoms with Gasteiger partial charge in [-0.25, -0.2) is 0 Å². The van der Waals surface area contributed by atoms with Crippen LogP contribution in [0.2, 0.25) is 0 Å². The summed E-state index contributed by atoms with van der Waals surface area (Å²) in [7, 11) is 0. The lowest BCUT2D eigenvalue weighted by Gasteiger charge is -2.15. The lowest BCUT2D eigenvalue weighted by atomic mass is 10.0. The minimum Gasteiger partial charge on any atom is -0.487 e. The zero-order chi connectivity index (χ0) is 14.4. The van der Waals surface area contributed by atoms with Crippen molar-refractivity contribution in [1.29, 1.82) is 0 Å². The Balaban J connectivity index is 1.74. The van der Waals surface area contributed by atoms with E-state index in [9.17, 15) is 0 Å². The molecule has 0 radical (unpaired) electrons. The van der Waals surface area contributed by atoms with E-state index in [0.29, 0.717) is 12.0 Å². The van der Waals surface area contributed by atoms with Gasteiger partial charge in [0.25, 0.3) is 0 Å². The number of quaternary nitrogens is 1. The SMILES string of the molecule is Cc1ccc(C(C)C)c(OCC[NH2+]C[C@H]2CCCO2)c1. The van der Waals surface area contributed by atoms with Crippen molar-refractivity contribution in [3.8, 4) is 5.75 Å². The summed E-state index contributed by atoms with van der Waals surface area (Å²) in [4.78, 5) is 0. The van der Waals surface area contributed by atoms with Crippen LogP contribution in [0.4, 0.5) is 0 Å². The van der Waals surface area contributed by atoms with Crippen molar-refractivity contribution in [3.05, 3.63) is 29.3 Å². The van der Waals surface area contributed by atoms with Crippen molar-refractivity contribution in [2.45, 2.75) is 45.6 Å². The van der Waals surface area contributed by atoms with Crippen molar-refractivity contribution in [1.82, 2.24) is 0 Å². The first kappa shape index (κ1) is 15.3. The monoisotopic (exact) mass is 278 g/mol. The summed E-state index contributed by atoms with van der Waals surface area (Å²) in [5, 5.41) is 2.31. The maximum Gasteiger partial charge on any atom is 0.137 e. The van der Waals surface area contributed by atoms with E-state index in [2.05, 4.69) is 44.3 Å². The van der Waals surface area contributed by atoms with Crippen LogP contribution >= 0.6 is 0 Å². The number of benzene rings is 1. The molecule has 3 heteroatoms. The minimum atomic E-state index is 0.459. The molecule has 1 heterocycles. The molecule has 0 spiro atoms. The molecule has 1 aliphatic heterocycles. The zero-order valence-corrected chi connectivity index (χ0v) is 13.0. The normalized spacial score (nSPS) is 18.7. The fraction of sp³-hybridized carbons (Fsp3) is 0.647. The molecule has 1 fully saturated rings. The van der Waals surface area contributed by atoms with Crippen molar-refractivity contribution < 1.29 is 14.8 Å². The Morgan fingerprint density at radius 1 is 1.40 bits per heavy atom. The topological polar surface area (TPSA) is 35.1 Å². The Morgan fingerprint density at radius 3 is 2.95 bits per heavy atom. The predicted molar refractivity (Wildman–Crippen MR) is 81.4 cm³/mol. The summed E-state index contributed by atoms with van der Waals surface area (Å²) in [5.41, 5.74) is 2.56. The van der Waals surface area contributed by atoms with Crippen LogP contribution in [0, 0.1) is 6.92 Å². The van der Waals surface area contributed by atoms with Crippen LogP contribution < -0.4 is 10.1 Å². The predicted octanol–water partition coefficient (Wildman–Crippen LogP) is 2.24. The van der Waals surface area contributed by atoms with Crippen LogP contribution in [-0.2, 0) is 4.74 Å². The lowest BCUT2D eigenvalue weighted by Crippen LogP contribution is -2.87. The molecule has 0 amide bonds. The fourth-order valence-electron chi connectivity index (χ4n) is 2.63. The number of ether oxygens (including phenoxy) is 2. The number of hydrogen-bond donors (Lipinski definition) is 1. The first-order valence-corrected chi connectivity index (χ1v) is 7.83. The lowest BCUT2D eigenvalue weighted by molar-refractivity contribution is -0.661. The van der Waals surface area contributed by atoms with Gasteiger partial charge in [0.15, 0.2) is 0 Å². The van der Waals surface area contributed by atoms with Crippen molar-refractivity contribution in [2.24, 2.45) is 0 Å². The standard InChI is InChI=1S/C17H27NO2/c1-13(2)16-7-6-14(3)11-17(16)20-10-8-18-12-15-5-4-9-19-15/h6-7,11,13,15,18H,4-5,8-10,12H2,1-3H3/p+1/t15-/m1/s1. The van der Waals surface area contributed by atoms with Gasteiger partial charge in [0.05, 0.1) is 0 Å². The summed E-state index contributed by atoms with van der Waals surface area (Å²) in [6.45, 7) is 10.3. The maximum absolute atomic E-state index is 5.97. The average molecular weight is 278 g/mol. The molecule has 112 valence electrons. The van der Waals surface area contributed by atoms with Crippen LogP contribution in [0.15, 0.2) is 18.2 Å². The van der Waals surface area contributed by atoms with E-state index >= 15 is 0 Å². The smallest absolute Gasteiger partial charge is 0.137 e. The van der Waals surface area contributed by atoms with Crippen LogP contribution in [0.5, 0.6) is 5.75 Å². The van der Waals surface area contributed by atoms with Gasteiger partial charge in [0.2, 0.25) is 0 Å². The van der Waals surface area contributed by atoms with Crippen LogP contribution in [0.3, 0.4) is 0 Å². The van der Waals surface area contributed by atoms with Gasteiger partial charge in [-0.3, -0.25) is 0 Å². The number of nitrogens with two attached hydrogens (primary N) is 1. The highest BCUT2D eigenvalue weighted by molar-refractivity contribution is 5.39. The van der Waals surface area contributed by atoms with Crippen molar-refractivity contribution in [3.63, 3.8) is 0 Å². The fourth-order valence-corrected chi connectivity index (χ4v) is 2.63. The molecule has 20 heavy (non-hydrogen) atoms. The van der Waals surface area contributed by atoms with E-state index in [1.165, 1.54) is 24.0 Å². The summed E-state index contributed by atoms with van der Waals surface area (Å²) >= 11 is 0. The third kappa shape index (κ3) is 4.50. The molecule has 1 atom stereocenters. The van der Waals surface area contributed by atoms with E-state index in [1.807, 2.05) is 0 Å². The van der Waals surface area contributed by atoms with Gasteiger partial charge in [-0.1, -0.05) is 26.0 Å². The number of aryl methyl sites for hydroxylation is 1. The van der Waals surface area contributed by atoms with E-state index in [-0.39, 0.29) is 0 Å². The third-order valence-corrected chi connectivity index (χ3v) is 3.82. The van der Waals surface area contributed by atoms with Gasteiger partial charge in [0, 0.05) is 6.61 Å². The molecule has 0 aliphatic carbocycles. The summed E-state index contributed by atoms with van der Waals surface area (Å²) < 4.78 is 11.6. The molecule has 0 unspecified atom stereocenters. The second-order valence-electron chi connectivity index (χ2n) is 5.99. The molecule has 0 saturated carbocycles. The molecule has 1 aromatic carbocycles. The van der Waals surface area contributed by atoms with Gasteiger partial charge in [-0.2, -0.15) is 0 Å². The molecular formula is C17H28NO2+.